The standard InChI is InChI=1S/C16H17ClFN3O/c17-13-2-1-11(15(18)6-13)8-21-9-12(16(22)10-21)5-14-7-19-3-4-20-14/h1-4,6-7,12,16,22H,5,8-10H2/t12-,16-/m1/s1. The molecule has 1 aliphatic heterocycles. The second kappa shape index (κ2) is 6.69. The van der Waals surface area contributed by atoms with E-state index in [1.165, 1.54) is 6.07 Å². The predicted molar refractivity (Wildman–Crippen MR) is 81.9 cm³/mol. The van der Waals surface area contributed by atoms with Crippen LogP contribution in [0.5, 0.6) is 0 Å². The molecule has 0 unspecified atom stereocenters. The molecule has 0 spiro atoms. The lowest BCUT2D eigenvalue weighted by Gasteiger charge is -2.16. The fourth-order valence-electron chi connectivity index (χ4n) is 2.87. The monoisotopic (exact) mass is 321 g/mol. The number of benzene rings is 1. The molecule has 22 heavy (non-hydrogen) atoms. The van der Waals surface area contributed by atoms with Gasteiger partial charge >= 0.3 is 0 Å². The van der Waals surface area contributed by atoms with Gasteiger partial charge in [-0.1, -0.05) is 17.7 Å². The van der Waals surface area contributed by atoms with Crippen molar-refractivity contribution < 1.29 is 9.50 Å². The van der Waals surface area contributed by atoms with Gasteiger partial charge < -0.3 is 5.11 Å². The van der Waals surface area contributed by atoms with Gasteiger partial charge in [0.25, 0.3) is 0 Å². The molecule has 1 aromatic carbocycles. The smallest absolute Gasteiger partial charge is 0.129 e. The van der Waals surface area contributed by atoms with Crippen LogP contribution in [0.4, 0.5) is 4.39 Å². The van der Waals surface area contributed by atoms with E-state index >= 15 is 0 Å². The van der Waals surface area contributed by atoms with Crippen molar-refractivity contribution >= 4 is 11.6 Å². The van der Waals surface area contributed by atoms with E-state index in [-0.39, 0.29) is 11.7 Å². The van der Waals surface area contributed by atoms with Crippen LogP contribution in [0.1, 0.15) is 11.3 Å². The highest BCUT2D eigenvalue weighted by Crippen LogP contribution is 2.24. The molecule has 1 saturated heterocycles. The predicted octanol–water partition coefficient (Wildman–Crippen LogP) is 2.30. The number of halogens is 2. The van der Waals surface area contributed by atoms with E-state index in [1.807, 2.05) is 0 Å². The lowest BCUT2D eigenvalue weighted by atomic mass is 10.0. The Kier molecular flexibility index (Phi) is 4.66. The molecule has 2 aromatic rings. The van der Waals surface area contributed by atoms with Crippen LogP contribution in [0.15, 0.2) is 36.8 Å². The Labute approximate surface area is 133 Å². The van der Waals surface area contributed by atoms with Crippen molar-refractivity contribution in [3.05, 3.63) is 58.9 Å². The summed E-state index contributed by atoms with van der Waals surface area (Å²) in [6.45, 7) is 1.71. The Morgan fingerprint density at radius 2 is 2.18 bits per heavy atom. The van der Waals surface area contributed by atoms with E-state index in [0.717, 1.165) is 5.69 Å². The van der Waals surface area contributed by atoms with Crippen LogP contribution in [0.2, 0.25) is 5.02 Å². The number of nitrogens with zero attached hydrogens (tertiary/aromatic N) is 3. The topological polar surface area (TPSA) is 49.2 Å². The van der Waals surface area contributed by atoms with Gasteiger partial charge in [0.2, 0.25) is 0 Å². The molecule has 0 bridgehead atoms. The van der Waals surface area contributed by atoms with Crippen molar-refractivity contribution in [2.75, 3.05) is 13.1 Å². The second-order valence-corrected chi connectivity index (χ2v) is 6.09. The van der Waals surface area contributed by atoms with Crippen molar-refractivity contribution in [1.29, 1.82) is 0 Å². The largest absolute Gasteiger partial charge is 0.391 e. The van der Waals surface area contributed by atoms with E-state index in [9.17, 15) is 9.50 Å². The Bertz CT molecular complexity index is 641. The Morgan fingerprint density at radius 1 is 1.32 bits per heavy atom. The molecule has 0 radical (unpaired) electrons. The molecule has 1 fully saturated rings. The van der Waals surface area contributed by atoms with E-state index in [2.05, 4.69) is 14.9 Å². The normalized spacial score (nSPS) is 22.1. The maximum absolute atomic E-state index is 13.9. The van der Waals surface area contributed by atoms with Crippen LogP contribution in [-0.4, -0.2) is 39.2 Å². The fraction of sp³-hybridized carbons (Fsp3) is 0.375. The van der Waals surface area contributed by atoms with Gasteiger partial charge in [0.1, 0.15) is 5.82 Å². The van der Waals surface area contributed by atoms with Crippen molar-refractivity contribution in [1.82, 2.24) is 14.9 Å². The third kappa shape index (κ3) is 3.61. The highest BCUT2D eigenvalue weighted by molar-refractivity contribution is 6.30. The van der Waals surface area contributed by atoms with Gasteiger partial charge in [-0.05, 0) is 18.6 Å². The van der Waals surface area contributed by atoms with Crippen LogP contribution in [-0.2, 0) is 13.0 Å². The molecule has 116 valence electrons. The Morgan fingerprint density at radius 3 is 2.91 bits per heavy atom. The molecule has 6 heteroatoms. The number of hydrogen-bond acceptors (Lipinski definition) is 4. The van der Waals surface area contributed by atoms with Gasteiger partial charge in [0.05, 0.1) is 11.8 Å². The Hall–Kier alpha value is -1.56. The maximum atomic E-state index is 13.9. The zero-order valence-corrected chi connectivity index (χ0v) is 12.7. The van der Waals surface area contributed by atoms with Crippen molar-refractivity contribution in [3.8, 4) is 0 Å². The number of aliphatic hydroxyl groups excluding tert-OH is 1. The molecule has 1 N–H and O–H groups in total. The third-order valence-electron chi connectivity index (χ3n) is 3.98. The molecule has 1 aromatic heterocycles. The summed E-state index contributed by atoms with van der Waals surface area (Å²) in [6, 6.07) is 4.70. The molecular formula is C16H17ClFN3O. The van der Waals surface area contributed by atoms with Gasteiger partial charge in [-0.3, -0.25) is 14.9 Å². The highest BCUT2D eigenvalue weighted by atomic mass is 35.5. The minimum atomic E-state index is -0.433. The number of β-amino-alcohol motifs (C(OH)–C–C–N with tert-alkyl or cyclic N) is 1. The van der Waals surface area contributed by atoms with Crippen LogP contribution in [0.25, 0.3) is 0 Å². The molecule has 1 aliphatic rings. The maximum Gasteiger partial charge on any atom is 0.129 e. The number of rotatable bonds is 4. The third-order valence-corrected chi connectivity index (χ3v) is 4.21. The summed E-state index contributed by atoms with van der Waals surface area (Å²) in [6.07, 6.45) is 5.24. The molecule has 0 saturated carbocycles. The molecule has 0 amide bonds. The van der Waals surface area contributed by atoms with Gasteiger partial charge in [0.15, 0.2) is 0 Å². The summed E-state index contributed by atoms with van der Waals surface area (Å²) >= 11 is 5.76. The van der Waals surface area contributed by atoms with Gasteiger partial charge in [-0.2, -0.15) is 0 Å². The number of aromatic nitrogens is 2. The average Bonchev–Trinajstić information content (AvgIpc) is 2.83. The van der Waals surface area contributed by atoms with Gasteiger partial charge in [-0.25, -0.2) is 4.39 Å². The first kappa shape index (κ1) is 15.3. The summed E-state index contributed by atoms with van der Waals surface area (Å²) in [5.74, 6) is -0.216. The van der Waals surface area contributed by atoms with Crippen molar-refractivity contribution in [3.63, 3.8) is 0 Å². The second-order valence-electron chi connectivity index (χ2n) is 5.66. The fourth-order valence-corrected chi connectivity index (χ4v) is 3.02. The summed E-state index contributed by atoms with van der Waals surface area (Å²) in [4.78, 5) is 10.3. The first-order chi connectivity index (χ1) is 10.6. The zero-order valence-electron chi connectivity index (χ0n) is 12.0. The van der Waals surface area contributed by atoms with Crippen molar-refractivity contribution in [2.45, 2.75) is 19.1 Å². The lowest BCUT2D eigenvalue weighted by Crippen LogP contribution is -2.22. The van der Waals surface area contributed by atoms with E-state index in [1.54, 1.807) is 30.7 Å². The Balaban J connectivity index is 1.63. The molecule has 4 nitrogen and oxygen atoms in total. The molecule has 2 atom stereocenters. The van der Waals surface area contributed by atoms with E-state index in [4.69, 9.17) is 11.6 Å². The minimum Gasteiger partial charge on any atom is -0.391 e. The first-order valence-electron chi connectivity index (χ1n) is 7.21. The number of likely N-dealkylation sites (tertiary alicyclic amines) is 1. The molecular weight excluding hydrogens is 305 g/mol. The van der Waals surface area contributed by atoms with Crippen LogP contribution < -0.4 is 0 Å². The summed E-state index contributed by atoms with van der Waals surface area (Å²) in [7, 11) is 0. The summed E-state index contributed by atoms with van der Waals surface area (Å²) in [5.41, 5.74) is 1.46. The minimum absolute atomic E-state index is 0.0899. The van der Waals surface area contributed by atoms with Crippen LogP contribution in [0, 0.1) is 11.7 Å². The van der Waals surface area contributed by atoms with Gasteiger partial charge in [-0.15, -0.1) is 0 Å². The number of hydrogen-bond donors (Lipinski definition) is 1. The summed E-state index contributed by atoms with van der Waals surface area (Å²) < 4.78 is 13.9. The van der Waals surface area contributed by atoms with E-state index < -0.39 is 6.10 Å². The molecule has 0 aliphatic carbocycles. The lowest BCUT2D eigenvalue weighted by molar-refractivity contribution is 0.140. The average molecular weight is 322 g/mol. The first-order valence-corrected chi connectivity index (χ1v) is 7.59. The van der Waals surface area contributed by atoms with Gasteiger partial charge in [0, 0.05) is 54.7 Å². The molecule has 2 heterocycles. The number of aliphatic hydroxyl groups is 1. The quantitative estimate of drug-likeness (QED) is 0.939. The van der Waals surface area contributed by atoms with Crippen LogP contribution >= 0.6 is 11.6 Å². The molecule has 3 rings (SSSR count). The summed E-state index contributed by atoms with van der Waals surface area (Å²) in [5, 5.41) is 10.6. The van der Waals surface area contributed by atoms with Crippen molar-refractivity contribution in [2.24, 2.45) is 5.92 Å². The highest BCUT2D eigenvalue weighted by Gasteiger charge is 2.31. The zero-order chi connectivity index (χ0) is 15.5. The van der Waals surface area contributed by atoms with E-state index in [0.29, 0.717) is 36.6 Å². The van der Waals surface area contributed by atoms with Crippen LogP contribution in [0.3, 0.4) is 0 Å². The SMILES string of the molecule is O[C@@H]1CN(Cc2ccc(Cl)cc2F)C[C@H]1Cc1cnccn1.